The molecule has 0 aliphatic rings. The van der Waals surface area contributed by atoms with Crippen molar-refractivity contribution in [2.45, 2.75) is 26.2 Å². The van der Waals surface area contributed by atoms with Gasteiger partial charge in [-0.15, -0.1) is 0 Å². The minimum Gasteiger partial charge on any atom is -0.466 e. The number of ether oxygens (including phenoxy) is 1. The summed E-state index contributed by atoms with van der Waals surface area (Å²) in [7, 11) is 0. The molecule has 0 aliphatic heterocycles. The molecule has 5 heteroatoms. The normalized spacial score (nSPS) is 10.8. The smallest absolute Gasteiger partial charge is 0.302 e. The Balaban J connectivity index is 2.20. The molecule has 4 nitrogen and oxygen atoms in total. The summed E-state index contributed by atoms with van der Waals surface area (Å²) < 4.78 is 4.97. The quantitative estimate of drug-likeness (QED) is 0.285. The van der Waals surface area contributed by atoms with Crippen LogP contribution in [-0.2, 0) is 14.3 Å². The van der Waals surface area contributed by atoms with E-state index >= 15 is 0 Å². The summed E-state index contributed by atoms with van der Waals surface area (Å²) in [6, 6.07) is 31.9. The molecule has 3 aromatic rings. The summed E-state index contributed by atoms with van der Waals surface area (Å²) in [6.45, 7) is -1.03. The van der Waals surface area contributed by atoms with Gasteiger partial charge in [-0.05, 0) is 35.6 Å². The van der Waals surface area contributed by atoms with Crippen LogP contribution in [-0.4, -0.2) is 23.7 Å². The lowest BCUT2D eigenvalue weighted by molar-refractivity contribution is -0.141. The average molecular weight is 443 g/mol. The van der Waals surface area contributed by atoms with Crippen molar-refractivity contribution in [3.63, 3.8) is 0 Å². The standard InChI is InChI=1S/C27H26NO3P/c1-22(29)31-20-12-11-19-26(30)27(21-28)32(23-13-5-2-6-14-23,24-15-7-3-8-16-24)25-17-9-4-10-18-25/h2-10,13-18H,11-12,19-20H2,1H3. The molecule has 0 fully saturated rings. The second-order valence-corrected chi connectivity index (χ2v) is 10.7. The van der Waals surface area contributed by atoms with E-state index < -0.39 is 6.89 Å². The summed E-state index contributed by atoms with van der Waals surface area (Å²) in [5, 5.41) is 13.6. The Bertz CT molecular complexity index is 1050. The predicted octanol–water partition coefficient (Wildman–Crippen LogP) is 3.98. The van der Waals surface area contributed by atoms with Gasteiger partial charge < -0.3 is 4.74 Å². The third-order valence-corrected chi connectivity index (χ3v) is 9.48. The first-order valence-corrected chi connectivity index (χ1v) is 12.4. The molecule has 0 atom stereocenters. The van der Waals surface area contributed by atoms with Gasteiger partial charge in [-0.3, -0.25) is 9.59 Å². The van der Waals surface area contributed by atoms with Crippen LogP contribution in [0, 0.1) is 11.3 Å². The molecule has 32 heavy (non-hydrogen) atoms. The average Bonchev–Trinajstić information content (AvgIpc) is 2.83. The number of unbranched alkanes of at least 4 members (excludes halogenated alkanes) is 1. The zero-order valence-corrected chi connectivity index (χ0v) is 19.0. The van der Waals surface area contributed by atoms with Crippen LogP contribution in [0.5, 0.6) is 0 Å². The van der Waals surface area contributed by atoms with E-state index in [0.29, 0.717) is 18.1 Å². The molecule has 0 unspecified atom stereocenters. The molecule has 0 heterocycles. The molecular weight excluding hydrogens is 417 g/mol. The van der Waals surface area contributed by atoms with E-state index in [1.54, 1.807) is 0 Å². The van der Waals surface area contributed by atoms with Crippen LogP contribution in [0.2, 0.25) is 0 Å². The van der Waals surface area contributed by atoms with Gasteiger partial charge in [0, 0.05) is 13.3 Å². The number of hydrogen-bond donors (Lipinski definition) is 0. The number of carbonyl (C=O) groups excluding carboxylic acids is 2. The van der Waals surface area contributed by atoms with Crippen molar-refractivity contribution in [3.05, 3.63) is 91.0 Å². The fourth-order valence-corrected chi connectivity index (χ4v) is 8.00. The number of nitriles is 1. The summed E-state index contributed by atoms with van der Waals surface area (Å²) in [4.78, 5) is 24.5. The Kier molecular flexibility index (Phi) is 8.20. The Morgan fingerprint density at radius 3 is 1.59 bits per heavy atom. The molecule has 3 rings (SSSR count). The summed E-state index contributed by atoms with van der Waals surface area (Å²) in [6.07, 6.45) is 1.37. The Morgan fingerprint density at radius 2 is 1.22 bits per heavy atom. The summed E-state index contributed by atoms with van der Waals surface area (Å²) >= 11 is 0. The first-order chi connectivity index (χ1) is 15.6. The Hall–Kier alpha value is -3.41. The maximum Gasteiger partial charge on any atom is 0.302 e. The lowest BCUT2D eigenvalue weighted by Crippen LogP contribution is -2.33. The molecule has 0 spiro atoms. The Labute approximate surface area is 189 Å². The van der Waals surface area contributed by atoms with Crippen LogP contribution >= 0.6 is 6.89 Å². The molecule has 0 N–H and O–H groups in total. The van der Waals surface area contributed by atoms with E-state index in [0.717, 1.165) is 15.9 Å². The third kappa shape index (κ3) is 5.07. The van der Waals surface area contributed by atoms with Gasteiger partial charge in [-0.2, -0.15) is 5.26 Å². The van der Waals surface area contributed by atoms with Gasteiger partial charge in [0.05, 0.1) is 6.61 Å². The van der Waals surface area contributed by atoms with Crippen molar-refractivity contribution in [1.29, 1.82) is 5.26 Å². The molecule has 0 bridgehead atoms. The molecule has 0 saturated heterocycles. The number of benzene rings is 3. The van der Waals surface area contributed by atoms with Crippen LogP contribution in [0.3, 0.4) is 0 Å². The van der Waals surface area contributed by atoms with Crippen molar-refractivity contribution in [2.24, 2.45) is 0 Å². The van der Waals surface area contributed by atoms with Crippen LogP contribution in [0.25, 0.3) is 0 Å². The van der Waals surface area contributed by atoms with Gasteiger partial charge in [0.25, 0.3) is 0 Å². The number of ketones is 1. The fraction of sp³-hybridized carbons (Fsp3) is 0.185. The van der Waals surface area contributed by atoms with Gasteiger partial charge in [0.2, 0.25) is 0 Å². The molecule has 0 amide bonds. The highest BCUT2D eigenvalue weighted by molar-refractivity contribution is 7.96. The van der Waals surface area contributed by atoms with Gasteiger partial charge in [-0.25, -0.2) is 0 Å². The van der Waals surface area contributed by atoms with Gasteiger partial charge >= 0.3 is 5.97 Å². The summed E-state index contributed by atoms with van der Waals surface area (Å²) in [5.74, 6) is -0.483. The largest absolute Gasteiger partial charge is 0.466 e. The number of hydrogen-bond acceptors (Lipinski definition) is 4. The molecule has 0 radical (unpaired) electrons. The van der Waals surface area contributed by atoms with Gasteiger partial charge in [-0.1, -0.05) is 91.0 Å². The van der Waals surface area contributed by atoms with Crippen molar-refractivity contribution < 1.29 is 14.3 Å². The maximum absolute atomic E-state index is 13.5. The second kappa shape index (κ2) is 11.3. The van der Waals surface area contributed by atoms with Crippen LogP contribution in [0.1, 0.15) is 26.2 Å². The number of Topliss-reactive ketones (excluding diaryl/α,β-unsaturated/α-hetero) is 1. The van der Waals surface area contributed by atoms with Crippen LogP contribution < -0.4 is 15.9 Å². The van der Waals surface area contributed by atoms with E-state index in [1.165, 1.54) is 6.92 Å². The Morgan fingerprint density at radius 1 is 0.781 bits per heavy atom. The first-order valence-electron chi connectivity index (χ1n) is 10.6. The lowest BCUT2D eigenvalue weighted by atomic mass is 10.1. The zero-order valence-electron chi connectivity index (χ0n) is 18.1. The van der Waals surface area contributed by atoms with Crippen LogP contribution in [0.4, 0.5) is 0 Å². The van der Waals surface area contributed by atoms with Crippen molar-refractivity contribution in [1.82, 2.24) is 0 Å². The summed E-state index contributed by atoms with van der Waals surface area (Å²) in [5.41, 5.74) is 0. The predicted molar refractivity (Wildman–Crippen MR) is 131 cm³/mol. The SMILES string of the molecule is CC(=O)OCCCCC(=O)C(C#N)=P(c1ccccc1)(c1ccccc1)c1ccccc1. The topological polar surface area (TPSA) is 67.2 Å². The van der Waals surface area contributed by atoms with Gasteiger partial charge in [0.1, 0.15) is 11.4 Å². The highest BCUT2D eigenvalue weighted by atomic mass is 31.2. The second-order valence-electron chi connectivity index (χ2n) is 7.36. The van der Waals surface area contributed by atoms with E-state index in [9.17, 15) is 14.9 Å². The maximum atomic E-state index is 13.5. The highest BCUT2D eigenvalue weighted by Gasteiger charge is 2.32. The molecule has 162 valence electrons. The molecule has 0 aromatic heterocycles. The lowest BCUT2D eigenvalue weighted by Gasteiger charge is -2.30. The van der Waals surface area contributed by atoms with Gasteiger partial charge in [0.15, 0.2) is 5.78 Å². The zero-order chi connectivity index (χ0) is 22.8. The molecule has 3 aromatic carbocycles. The van der Waals surface area contributed by atoms with E-state index in [-0.39, 0.29) is 24.8 Å². The highest BCUT2D eigenvalue weighted by Crippen LogP contribution is 2.46. The molecular formula is C27H26NO3P. The van der Waals surface area contributed by atoms with Crippen molar-refractivity contribution in [3.8, 4) is 6.07 Å². The monoisotopic (exact) mass is 443 g/mol. The molecule has 0 saturated carbocycles. The van der Waals surface area contributed by atoms with E-state index in [1.807, 2.05) is 91.0 Å². The van der Waals surface area contributed by atoms with E-state index in [4.69, 9.17) is 4.74 Å². The number of esters is 1. The minimum absolute atomic E-state index is 0.153. The number of carbonyl (C=O) groups is 2. The fourth-order valence-electron chi connectivity index (χ4n) is 3.84. The van der Waals surface area contributed by atoms with Crippen molar-refractivity contribution >= 4 is 39.8 Å². The number of rotatable bonds is 9. The van der Waals surface area contributed by atoms with E-state index in [2.05, 4.69) is 6.07 Å². The number of nitrogens with zero attached hydrogens (tertiary/aromatic N) is 1. The molecule has 0 aliphatic carbocycles. The van der Waals surface area contributed by atoms with Crippen molar-refractivity contribution in [2.75, 3.05) is 6.61 Å². The van der Waals surface area contributed by atoms with Crippen LogP contribution in [0.15, 0.2) is 91.0 Å². The third-order valence-electron chi connectivity index (χ3n) is 5.24. The first kappa shape index (κ1) is 23.3. The minimum atomic E-state index is -2.67.